The molecule has 0 unspecified atom stereocenters. The molecule has 4 heteroatoms. The molecule has 68 valence electrons. The molecule has 3 nitrogen and oxygen atoms in total. The fraction of sp³-hybridized carbons (Fsp3) is 1.00. The maximum Gasteiger partial charge on any atom is 0.346 e. The van der Waals surface area contributed by atoms with Crippen LogP contribution in [0.5, 0.6) is 0 Å². The summed E-state index contributed by atoms with van der Waals surface area (Å²) in [4.78, 5) is 18.5. The highest BCUT2D eigenvalue weighted by Gasteiger charge is 2.25. The van der Waals surface area contributed by atoms with Crippen LogP contribution in [0.4, 0.5) is 0 Å². The van der Waals surface area contributed by atoms with Crippen molar-refractivity contribution in [3.8, 4) is 0 Å². The van der Waals surface area contributed by atoms with Crippen LogP contribution in [0.25, 0.3) is 0 Å². The minimum atomic E-state index is -2.84. The van der Waals surface area contributed by atoms with Gasteiger partial charge in [0.15, 0.2) is 0 Å². The van der Waals surface area contributed by atoms with Gasteiger partial charge in [0.25, 0.3) is 0 Å². The lowest BCUT2D eigenvalue weighted by molar-refractivity contribution is 0.354. The average molecular weight is 177 g/mol. The van der Waals surface area contributed by atoms with E-state index in [1.807, 2.05) is 6.92 Å². The number of rotatable bonds is 6. The van der Waals surface area contributed by atoms with Gasteiger partial charge in [-0.2, -0.15) is 0 Å². The first-order valence-electron chi connectivity index (χ1n) is 4.28. The van der Waals surface area contributed by atoms with Crippen molar-refractivity contribution < 1.29 is 9.59 Å². The van der Waals surface area contributed by atoms with E-state index in [9.17, 15) is 9.59 Å². The molecule has 0 amide bonds. The Hall–Kier alpha value is 0.0969. The Bertz CT molecular complexity index is 98.4. The second-order valence-electron chi connectivity index (χ2n) is 2.87. The predicted molar refractivity (Wildman–Crippen MR) is 48.5 cm³/mol. The summed E-state index contributed by atoms with van der Waals surface area (Å²) >= 11 is 0. The van der Waals surface area contributed by atoms with Gasteiger partial charge in [0.05, 0.1) is 0 Å². The van der Waals surface area contributed by atoms with Crippen LogP contribution in [0, 0.1) is 0 Å². The van der Waals surface area contributed by atoms with Crippen LogP contribution >= 0.6 is 0 Å². The zero-order chi connectivity index (χ0) is 8.74. The Morgan fingerprint density at radius 3 is 2.36 bits per heavy atom. The Morgan fingerprint density at radius 1 is 1.27 bits per heavy atom. The molecule has 0 radical (unpaired) electrons. The molecule has 0 saturated carbocycles. The molecule has 0 aromatic rings. The Labute approximate surface area is 69.7 Å². The minimum Gasteiger partial charge on any atom is -0.410 e. The molecule has 0 aromatic carbocycles. The third kappa shape index (κ3) is 6.49. The summed E-state index contributed by atoms with van der Waals surface area (Å²) in [6, 6.07) is 0.506. The summed E-state index contributed by atoms with van der Waals surface area (Å²) in [5.41, 5.74) is 0. The zero-order valence-corrected chi connectivity index (χ0v) is 8.43. The maximum atomic E-state index is 9.25. The van der Waals surface area contributed by atoms with Gasteiger partial charge in [0, 0.05) is 6.17 Å². The highest BCUT2D eigenvalue weighted by Crippen LogP contribution is 1.97. The van der Waals surface area contributed by atoms with E-state index >= 15 is 0 Å². The third-order valence-corrected chi connectivity index (χ3v) is 3.63. The van der Waals surface area contributed by atoms with E-state index in [2.05, 4.69) is 12.2 Å². The monoisotopic (exact) mass is 177 g/mol. The molecule has 0 heterocycles. The molecular weight excluding hydrogens is 158 g/mol. The van der Waals surface area contributed by atoms with E-state index in [0.29, 0.717) is 12.2 Å². The lowest BCUT2D eigenvalue weighted by Gasteiger charge is -2.15. The Morgan fingerprint density at radius 2 is 1.91 bits per heavy atom. The largest absolute Gasteiger partial charge is 0.410 e. The van der Waals surface area contributed by atoms with Gasteiger partial charge in [-0.3, -0.25) is 0 Å². The molecule has 0 spiro atoms. The van der Waals surface area contributed by atoms with Crippen molar-refractivity contribution in [2.75, 3.05) is 12.7 Å². The van der Waals surface area contributed by atoms with Gasteiger partial charge in [-0.05, 0) is 19.0 Å². The van der Waals surface area contributed by atoms with Crippen LogP contribution < -0.4 is 5.32 Å². The minimum absolute atomic E-state index is 0.406. The van der Waals surface area contributed by atoms with E-state index in [1.165, 1.54) is 0 Å². The van der Waals surface area contributed by atoms with E-state index in [-0.39, 0.29) is 0 Å². The van der Waals surface area contributed by atoms with Crippen molar-refractivity contribution in [3.05, 3.63) is 0 Å². The van der Waals surface area contributed by atoms with Crippen LogP contribution in [-0.2, 0) is 0 Å². The third-order valence-electron chi connectivity index (χ3n) is 1.68. The van der Waals surface area contributed by atoms with Gasteiger partial charge in [-0.25, -0.2) is 0 Å². The number of hydrogen-bond donors (Lipinski definition) is 3. The lowest BCUT2D eigenvalue weighted by Crippen LogP contribution is -2.45. The number of nitrogens with one attached hydrogen (secondary N) is 1. The molecule has 3 N–H and O–H groups in total. The molecule has 0 fully saturated rings. The summed E-state index contributed by atoms with van der Waals surface area (Å²) in [5.74, 6) is 0. The maximum absolute atomic E-state index is 9.25. The number of hydrogen-bond acceptors (Lipinski definition) is 3. The molecule has 0 bridgehead atoms. The molecular formula is C7H19NO2Si. The fourth-order valence-corrected chi connectivity index (χ4v) is 1.54. The van der Waals surface area contributed by atoms with Crippen LogP contribution in [0.2, 0.25) is 6.04 Å². The first-order valence-corrected chi connectivity index (χ1v) is 6.58. The first kappa shape index (κ1) is 11.1. The lowest BCUT2D eigenvalue weighted by atomic mass is 10.3. The highest BCUT2D eigenvalue weighted by molar-refractivity contribution is 6.64. The van der Waals surface area contributed by atoms with Gasteiger partial charge in [0.2, 0.25) is 0 Å². The molecule has 0 rings (SSSR count). The quantitative estimate of drug-likeness (QED) is 0.406. The van der Waals surface area contributed by atoms with Gasteiger partial charge in [-0.1, -0.05) is 20.3 Å². The number of unbranched alkanes of at least 4 members (excludes halogenated alkanes) is 1. The summed E-state index contributed by atoms with van der Waals surface area (Å²) in [7, 11) is -2.84. The second-order valence-corrected chi connectivity index (χ2v) is 5.89. The van der Waals surface area contributed by atoms with Gasteiger partial charge < -0.3 is 14.9 Å². The van der Waals surface area contributed by atoms with E-state index in [4.69, 9.17) is 0 Å². The Kier molecular flexibility index (Phi) is 5.76. The van der Waals surface area contributed by atoms with Crippen LogP contribution in [0.1, 0.15) is 26.7 Å². The van der Waals surface area contributed by atoms with Crippen molar-refractivity contribution in [2.24, 2.45) is 0 Å². The van der Waals surface area contributed by atoms with Gasteiger partial charge in [-0.15, -0.1) is 0 Å². The fourth-order valence-electron chi connectivity index (χ4n) is 0.715. The highest BCUT2D eigenvalue weighted by atomic mass is 28.4. The summed E-state index contributed by atoms with van der Waals surface area (Å²) in [6.45, 7) is 4.82. The van der Waals surface area contributed by atoms with Crippen LogP contribution in [0.15, 0.2) is 0 Å². The normalized spacial score (nSPS) is 12.0. The van der Waals surface area contributed by atoms with Crippen molar-refractivity contribution in [1.29, 1.82) is 0 Å². The summed E-state index contributed by atoms with van der Waals surface area (Å²) < 4.78 is 0. The van der Waals surface area contributed by atoms with Crippen molar-refractivity contribution in [3.63, 3.8) is 0 Å². The van der Waals surface area contributed by atoms with Crippen molar-refractivity contribution in [1.82, 2.24) is 5.32 Å². The topological polar surface area (TPSA) is 52.5 Å². The predicted octanol–water partition coefficient (Wildman–Crippen LogP) is 0.362. The van der Waals surface area contributed by atoms with E-state index in [0.717, 1.165) is 19.4 Å². The smallest absolute Gasteiger partial charge is 0.346 e. The van der Waals surface area contributed by atoms with E-state index in [1.54, 1.807) is 0 Å². The zero-order valence-electron chi connectivity index (χ0n) is 7.43. The molecule has 0 aliphatic heterocycles. The van der Waals surface area contributed by atoms with Crippen molar-refractivity contribution in [2.45, 2.75) is 32.7 Å². The molecule has 11 heavy (non-hydrogen) atoms. The van der Waals surface area contributed by atoms with Crippen LogP contribution in [-0.4, -0.2) is 30.9 Å². The molecule has 0 aliphatic rings. The van der Waals surface area contributed by atoms with Gasteiger partial charge >= 0.3 is 8.56 Å². The van der Waals surface area contributed by atoms with Crippen LogP contribution in [0.3, 0.4) is 0 Å². The molecule has 0 aromatic heterocycles. The average Bonchev–Trinajstić information content (AvgIpc) is 1.99. The summed E-state index contributed by atoms with van der Waals surface area (Å²) in [5, 5.41) is 3.04. The SMILES string of the molecule is CCCCNC[Si](O)(O)CC. The second kappa shape index (κ2) is 5.71. The summed E-state index contributed by atoms with van der Waals surface area (Å²) in [6.07, 6.45) is 2.65. The first-order chi connectivity index (χ1) is 5.12. The Balaban J connectivity index is 3.23. The van der Waals surface area contributed by atoms with Crippen molar-refractivity contribution >= 4 is 8.56 Å². The molecule has 0 saturated heterocycles. The molecule has 0 aliphatic carbocycles. The van der Waals surface area contributed by atoms with Gasteiger partial charge in [0.1, 0.15) is 0 Å². The molecule has 0 atom stereocenters. The standard InChI is InChI=1S/C7H19NO2Si/c1-3-5-6-8-7-11(9,10)4-2/h8-10H,3-7H2,1-2H3. The van der Waals surface area contributed by atoms with E-state index < -0.39 is 8.56 Å².